The maximum Gasteiger partial charge on any atom is 0.213 e. The van der Waals surface area contributed by atoms with E-state index in [4.69, 9.17) is 4.74 Å². The molecule has 1 unspecified atom stereocenters. The average molecular weight is 292 g/mol. The van der Waals surface area contributed by atoms with Gasteiger partial charge in [-0.25, -0.2) is 12.7 Å². The Labute approximate surface area is 117 Å². The fourth-order valence-corrected chi connectivity index (χ4v) is 3.53. The molecule has 0 aromatic carbocycles. The monoisotopic (exact) mass is 292 g/mol. The summed E-state index contributed by atoms with van der Waals surface area (Å²) in [6, 6.07) is 0.732. The Kier molecular flexibility index (Phi) is 6.73. The van der Waals surface area contributed by atoms with Gasteiger partial charge in [-0.15, -0.1) is 0 Å². The molecule has 1 heterocycles. The summed E-state index contributed by atoms with van der Waals surface area (Å²) in [6.45, 7) is 8.01. The third kappa shape index (κ3) is 5.02. The van der Waals surface area contributed by atoms with E-state index in [-0.39, 0.29) is 5.75 Å². The Balaban J connectivity index is 2.45. The van der Waals surface area contributed by atoms with Gasteiger partial charge >= 0.3 is 0 Å². The lowest BCUT2D eigenvalue weighted by atomic mass is 10.0. The molecule has 1 N–H and O–H groups in total. The van der Waals surface area contributed by atoms with Crippen LogP contribution in [0.4, 0.5) is 0 Å². The lowest BCUT2D eigenvalue weighted by Gasteiger charge is -2.34. The number of rotatable bonds is 7. The molecule has 1 saturated heterocycles. The standard InChI is InChI=1S/C13H28N2O3S/c1-5-19(16,17)15-8-6-12(7-9-15)14-13(10-18-4)11(2)3/h11-14H,5-10H2,1-4H3. The van der Waals surface area contributed by atoms with Crippen LogP contribution >= 0.6 is 0 Å². The summed E-state index contributed by atoms with van der Waals surface area (Å²) >= 11 is 0. The van der Waals surface area contributed by atoms with Crippen molar-refractivity contribution >= 4 is 10.0 Å². The fourth-order valence-electron chi connectivity index (χ4n) is 2.40. The molecule has 5 nitrogen and oxygen atoms in total. The maximum absolute atomic E-state index is 11.8. The van der Waals surface area contributed by atoms with Gasteiger partial charge in [0.25, 0.3) is 0 Å². The van der Waals surface area contributed by atoms with Gasteiger partial charge in [0.2, 0.25) is 10.0 Å². The first-order valence-corrected chi connectivity index (χ1v) is 8.74. The molecule has 19 heavy (non-hydrogen) atoms. The molecule has 1 fully saturated rings. The molecular weight excluding hydrogens is 264 g/mol. The highest BCUT2D eigenvalue weighted by molar-refractivity contribution is 7.89. The zero-order chi connectivity index (χ0) is 14.5. The van der Waals surface area contributed by atoms with E-state index in [1.807, 2.05) is 0 Å². The molecule has 114 valence electrons. The highest BCUT2D eigenvalue weighted by atomic mass is 32.2. The Morgan fingerprint density at radius 1 is 1.32 bits per heavy atom. The maximum atomic E-state index is 11.8. The van der Waals surface area contributed by atoms with Crippen LogP contribution in [0.3, 0.4) is 0 Å². The Morgan fingerprint density at radius 3 is 2.32 bits per heavy atom. The topological polar surface area (TPSA) is 58.6 Å². The molecule has 0 amide bonds. The van der Waals surface area contributed by atoms with E-state index < -0.39 is 10.0 Å². The smallest absolute Gasteiger partial charge is 0.213 e. The largest absolute Gasteiger partial charge is 0.383 e. The summed E-state index contributed by atoms with van der Waals surface area (Å²) in [4.78, 5) is 0. The lowest BCUT2D eigenvalue weighted by Crippen LogP contribution is -2.50. The van der Waals surface area contributed by atoms with Crippen molar-refractivity contribution in [2.75, 3.05) is 32.6 Å². The van der Waals surface area contributed by atoms with Crippen molar-refractivity contribution in [2.24, 2.45) is 5.92 Å². The van der Waals surface area contributed by atoms with Gasteiger partial charge in [-0.05, 0) is 25.7 Å². The van der Waals surface area contributed by atoms with Crippen LogP contribution in [0.2, 0.25) is 0 Å². The number of ether oxygens (including phenoxy) is 1. The number of sulfonamides is 1. The SMILES string of the molecule is CCS(=O)(=O)N1CCC(NC(COC)C(C)C)CC1. The predicted molar refractivity (Wildman–Crippen MR) is 77.7 cm³/mol. The number of methoxy groups -OCH3 is 1. The first-order valence-electron chi connectivity index (χ1n) is 7.13. The lowest BCUT2D eigenvalue weighted by molar-refractivity contribution is 0.132. The Hall–Kier alpha value is -0.170. The molecule has 1 rings (SSSR count). The van der Waals surface area contributed by atoms with E-state index in [0.717, 1.165) is 12.8 Å². The van der Waals surface area contributed by atoms with Crippen molar-refractivity contribution in [2.45, 2.75) is 45.7 Å². The summed E-state index contributed by atoms with van der Waals surface area (Å²) in [7, 11) is -1.30. The summed E-state index contributed by atoms with van der Waals surface area (Å²) in [5, 5.41) is 3.60. The minimum Gasteiger partial charge on any atom is -0.383 e. The van der Waals surface area contributed by atoms with Crippen molar-refractivity contribution in [3.05, 3.63) is 0 Å². The van der Waals surface area contributed by atoms with Gasteiger partial charge in [0.05, 0.1) is 12.4 Å². The number of nitrogens with zero attached hydrogens (tertiary/aromatic N) is 1. The summed E-state index contributed by atoms with van der Waals surface area (Å²) in [5.41, 5.74) is 0. The Morgan fingerprint density at radius 2 is 1.89 bits per heavy atom. The molecule has 0 radical (unpaired) electrons. The second-order valence-electron chi connectivity index (χ2n) is 5.55. The minimum absolute atomic E-state index is 0.198. The normalized spacial score (nSPS) is 20.9. The summed E-state index contributed by atoms with van der Waals surface area (Å²) in [5.74, 6) is 0.709. The number of hydrogen-bond acceptors (Lipinski definition) is 4. The van der Waals surface area contributed by atoms with E-state index in [0.29, 0.717) is 37.7 Å². The molecular formula is C13H28N2O3S. The average Bonchev–Trinajstić information content (AvgIpc) is 2.38. The van der Waals surface area contributed by atoms with E-state index in [1.165, 1.54) is 0 Å². The molecule has 0 bridgehead atoms. The van der Waals surface area contributed by atoms with Gasteiger partial charge < -0.3 is 10.1 Å². The van der Waals surface area contributed by atoms with Gasteiger partial charge in [0.1, 0.15) is 0 Å². The minimum atomic E-state index is -3.02. The number of hydrogen-bond donors (Lipinski definition) is 1. The van der Waals surface area contributed by atoms with Crippen LogP contribution in [-0.2, 0) is 14.8 Å². The second kappa shape index (κ2) is 7.57. The second-order valence-corrected chi connectivity index (χ2v) is 7.80. The van der Waals surface area contributed by atoms with E-state index in [1.54, 1.807) is 18.3 Å². The molecule has 1 atom stereocenters. The van der Waals surface area contributed by atoms with E-state index >= 15 is 0 Å². The van der Waals surface area contributed by atoms with Gasteiger partial charge in [-0.1, -0.05) is 13.8 Å². The van der Waals surface area contributed by atoms with Crippen molar-refractivity contribution in [1.29, 1.82) is 0 Å². The molecule has 0 saturated carbocycles. The molecule has 1 aliphatic rings. The first-order chi connectivity index (χ1) is 8.90. The van der Waals surface area contributed by atoms with Crippen molar-refractivity contribution in [1.82, 2.24) is 9.62 Å². The molecule has 0 aromatic heterocycles. The number of piperidine rings is 1. The Bertz CT molecular complexity index is 349. The van der Waals surface area contributed by atoms with E-state index in [2.05, 4.69) is 19.2 Å². The zero-order valence-electron chi connectivity index (χ0n) is 12.6. The fraction of sp³-hybridized carbons (Fsp3) is 1.00. The highest BCUT2D eigenvalue weighted by Crippen LogP contribution is 2.16. The molecule has 1 aliphatic heterocycles. The summed E-state index contributed by atoms with van der Waals surface area (Å²) in [6.07, 6.45) is 1.76. The van der Waals surface area contributed by atoms with Crippen LogP contribution in [-0.4, -0.2) is 57.4 Å². The predicted octanol–water partition coefficient (Wildman–Crippen LogP) is 1.06. The van der Waals surface area contributed by atoms with Crippen LogP contribution in [0.1, 0.15) is 33.6 Å². The number of nitrogens with one attached hydrogen (secondary N) is 1. The molecule has 0 spiro atoms. The van der Waals surface area contributed by atoms with Crippen molar-refractivity contribution in [3.63, 3.8) is 0 Å². The molecule has 0 aromatic rings. The van der Waals surface area contributed by atoms with E-state index in [9.17, 15) is 8.42 Å². The summed E-state index contributed by atoms with van der Waals surface area (Å²) < 4.78 is 30.4. The molecule has 6 heteroatoms. The van der Waals surface area contributed by atoms with Crippen LogP contribution < -0.4 is 5.32 Å². The van der Waals surface area contributed by atoms with Gasteiger partial charge in [0, 0.05) is 32.3 Å². The quantitative estimate of drug-likeness (QED) is 0.762. The van der Waals surface area contributed by atoms with Crippen molar-refractivity contribution < 1.29 is 13.2 Å². The zero-order valence-corrected chi connectivity index (χ0v) is 13.4. The van der Waals surface area contributed by atoms with Gasteiger partial charge in [0.15, 0.2) is 0 Å². The highest BCUT2D eigenvalue weighted by Gasteiger charge is 2.28. The van der Waals surface area contributed by atoms with Crippen LogP contribution in [0, 0.1) is 5.92 Å². The van der Waals surface area contributed by atoms with Gasteiger partial charge in [-0.2, -0.15) is 0 Å². The first kappa shape index (κ1) is 16.9. The van der Waals surface area contributed by atoms with Crippen LogP contribution in [0.5, 0.6) is 0 Å². The molecule has 0 aliphatic carbocycles. The third-order valence-electron chi connectivity index (χ3n) is 3.81. The van der Waals surface area contributed by atoms with Crippen LogP contribution in [0.15, 0.2) is 0 Å². The van der Waals surface area contributed by atoms with Gasteiger partial charge in [-0.3, -0.25) is 0 Å². The third-order valence-corrected chi connectivity index (χ3v) is 5.69. The van der Waals surface area contributed by atoms with Crippen molar-refractivity contribution in [3.8, 4) is 0 Å². The van der Waals surface area contributed by atoms with Crippen LogP contribution in [0.25, 0.3) is 0 Å².